The molecule has 0 spiro atoms. The third-order valence-electron chi connectivity index (χ3n) is 4.12. The molecule has 0 unspecified atom stereocenters. The van der Waals surface area contributed by atoms with Crippen LogP contribution in [0.2, 0.25) is 0 Å². The van der Waals surface area contributed by atoms with Gasteiger partial charge in [-0.3, -0.25) is 9.59 Å². The highest BCUT2D eigenvalue weighted by Gasteiger charge is 2.31. The van der Waals surface area contributed by atoms with Crippen molar-refractivity contribution < 1.29 is 9.59 Å². The van der Waals surface area contributed by atoms with Gasteiger partial charge in [0.2, 0.25) is 11.8 Å². The standard InChI is InChI=1S/C19H28N2O2/c1-15(2)11-13-21(17-8-9-17)19(23)10-12-20-18(22)14-16-6-4-3-5-7-16/h3-7,15,17H,8-14H2,1-2H3,(H,20,22). The van der Waals surface area contributed by atoms with Gasteiger partial charge in [-0.1, -0.05) is 44.2 Å². The number of nitrogens with zero attached hydrogens (tertiary/aromatic N) is 1. The molecule has 0 heterocycles. The first-order valence-corrected chi connectivity index (χ1v) is 8.66. The zero-order valence-corrected chi connectivity index (χ0v) is 14.3. The van der Waals surface area contributed by atoms with Crippen LogP contribution in [0, 0.1) is 5.92 Å². The van der Waals surface area contributed by atoms with Gasteiger partial charge in [0.15, 0.2) is 0 Å². The molecule has 0 radical (unpaired) electrons. The van der Waals surface area contributed by atoms with E-state index in [1.807, 2.05) is 35.2 Å². The lowest BCUT2D eigenvalue weighted by molar-refractivity contribution is -0.132. The maximum atomic E-state index is 12.4. The van der Waals surface area contributed by atoms with Crippen LogP contribution in [0.15, 0.2) is 30.3 Å². The average molecular weight is 316 g/mol. The smallest absolute Gasteiger partial charge is 0.224 e. The average Bonchev–Trinajstić information content (AvgIpc) is 3.33. The van der Waals surface area contributed by atoms with Crippen LogP contribution in [0.3, 0.4) is 0 Å². The summed E-state index contributed by atoms with van der Waals surface area (Å²) in [7, 11) is 0. The Hall–Kier alpha value is -1.84. The van der Waals surface area contributed by atoms with Gasteiger partial charge in [0.1, 0.15) is 0 Å². The Bertz CT molecular complexity index is 509. The fourth-order valence-corrected chi connectivity index (χ4v) is 2.59. The monoisotopic (exact) mass is 316 g/mol. The molecule has 1 aromatic carbocycles. The maximum absolute atomic E-state index is 12.4. The molecule has 1 aromatic rings. The van der Waals surface area contributed by atoms with Crippen LogP contribution >= 0.6 is 0 Å². The van der Waals surface area contributed by atoms with Crippen molar-refractivity contribution in [2.75, 3.05) is 13.1 Å². The van der Waals surface area contributed by atoms with Crippen LogP contribution in [-0.4, -0.2) is 35.8 Å². The van der Waals surface area contributed by atoms with Crippen LogP contribution in [0.25, 0.3) is 0 Å². The van der Waals surface area contributed by atoms with Gasteiger partial charge in [0.25, 0.3) is 0 Å². The molecule has 4 heteroatoms. The van der Waals surface area contributed by atoms with E-state index in [1.165, 1.54) is 0 Å². The summed E-state index contributed by atoms with van der Waals surface area (Å²) in [5.41, 5.74) is 0.993. The van der Waals surface area contributed by atoms with Crippen molar-refractivity contribution in [2.24, 2.45) is 5.92 Å². The molecule has 4 nitrogen and oxygen atoms in total. The number of hydrogen-bond acceptors (Lipinski definition) is 2. The number of carbonyl (C=O) groups is 2. The Kier molecular flexibility index (Phi) is 6.63. The van der Waals surface area contributed by atoms with E-state index in [4.69, 9.17) is 0 Å². The highest BCUT2D eigenvalue weighted by atomic mass is 16.2. The Morgan fingerprint density at radius 3 is 2.52 bits per heavy atom. The Morgan fingerprint density at radius 1 is 1.22 bits per heavy atom. The third kappa shape index (κ3) is 6.43. The number of nitrogens with one attached hydrogen (secondary N) is 1. The van der Waals surface area contributed by atoms with Crippen molar-refractivity contribution in [3.63, 3.8) is 0 Å². The lowest BCUT2D eigenvalue weighted by Crippen LogP contribution is -2.37. The Morgan fingerprint density at radius 2 is 1.91 bits per heavy atom. The molecule has 0 aromatic heterocycles. The number of carbonyl (C=O) groups excluding carboxylic acids is 2. The molecule has 2 rings (SSSR count). The molecule has 0 saturated heterocycles. The van der Waals surface area contributed by atoms with Gasteiger partial charge in [0, 0.05) is 25.6 Å². The summed E-state index contributed by atoms with van der Waals surface area (Å²) in [6.45, 7) is 5.63. The van der Waals surface area contributed by atoms with Crippen LogP contribution in [0.1, 0.15) is 45.1 Å². The van der Waals surface area contributed by atoms with Crippen LogP contribution < -0.4 is 5.32 Å². The van der Waals surface area contributed by atoms with E-state index in [1.54, 1.807) is 0 Å². The number of rotatable bonds is 9. The van der Waals surface area contributed by atoms with Gasteiger partial charge < -0.3 is 10.2 Å². The minimum Gasteiger partial charge on any atom is -0.355 e. The molecule has 2 amide bonds. The van der Waals surface area contributed by atoms with E-state index in [2.05, 4.69) is 19.2 Å². The van der Waals surface area contributed by atoms with Crippen molar-refractivity contribution in [3.8, 4) is 0 Å². The number of benzene rings is 1. The zero-order chi connectivity index (χ0) is 16.7. The lowest BCUT2D eigenvalue weighted by atomic mass is 10.1. The quantitative estimate of drug-likeness (QED) is 0.761. The SMILES string of the molecule is CC(C)CCN(C(=O)CCNC(=O)Cc1ccccc1)C1CC1. The largest absolute Gasteiger partial charge is 0.355 e. The highest BCUT2D eigenvalue weighted by Crippen LogP contribution is 2.27. The van der Waals surface area contributed by atoms with Crippen molar-refractivity contribution in [3.05, 3.63) is 35.9 Å². The van der Waals surface area contributed by atoms with E-state index in [0.29, 0.717) is 31.3 Å². The number of hydrogen-bond donors (Lipinski definition) is 1. The summed E-state index contributed by atoms with van der Waals surface area (Å²) in [6.07, 6.45) is 4.07. The summed E-state index contributed by atoms with van der Waals surface area (Å²) in [4.78, 5) is 26.3. The molecule has 1 fully saturated rings. The first-order chi connectivity index (χ1) is 11.1. The predicted molar refractivity (Wildman–Crippen MR) is 92.0 cm³/mol. The summed E-state index contributed by atoms with van der Waals surface area (Å²) in [5.74, 6) is 0.756. The topological polar surface area (TPSA) is 49.4 Å². The molecule has 1 N–H and O–H groups in total. The second-order valence-electron chi connectivity index (χ2n) is 6.76. The van der Waals surface area contributed by atoms with Gasteiger partial charge >= 0.3 is 0 Å². The maximum Gasteiger partial charge on any atom is 0.224 e. The molecule has 0 aliphatic heterocycles. The third-order valence-corrected chi connectivity index (χ3v) is 4.12. The van der Waals surface area contributed by atoms with E-state index in [0.717, 1.165) is 31.4 Å². The predicted octanol–water partition coefficient (Wildman–Crippen LogP) is 2.77. The van der Waals surface area contributed by atoms with Crippen molar-refractivity contribution >= 4 is 11.8 Å². The van der Waals surface area contributed by atoms with Crippen LogP contribution in [0.5, 0.6) is 0 Å². The highest BCUT2D eigenvalue weighted by molar-refractivity contribution is 5.80. The molecular formula is C19H28N2O2. The Labute approximate surface area is 139 Å². The van der Waals surface area contributed by atoms with Crippen LogP contribution in [-0.2, 0) is 16.0 Å². The van der Waals surface area contributed by atoms with Crippen LogP contribution in [0.4, 0.5) is 0 Å². The van der Waals surface area contributed by atoms with Gasteiger partial charge in [-0.05, 0) is 30.7 Å². The fraction of sp³-hybridized carbons (Fsp3) is 0.579. The second kappa shape index (κ2) is 8.70. The molecule has 1 saturated carbocycles. The first-order valence-electron chi connectivity index (χ1n) is 8.66. The molecule has 0 atom stereocenters. The van der Waals surface area contributed by atoms with Gasteiger partial charge in [-0.2, -0.15) is 0 Å². The van der Waals surface area contributed by atoms with Gasteiger partial charge in [0.05, 0.1) is 6.42 Å². The summed E-state index contributed by atoms with van der Waals surface area (Å²) >= 11 is 0. The first kappa shape index (κ1) is 17.5. The summed E-state index contributed by atoms with van der Waals surface area (Å²) < 4.78 is 0. The normalized spacial score (nSPS) is 13.9. The molecule has 23 heavy (non-hydrogen) atoms. The van der Waals surface area contributed by atoms with E-state index >= 15 is 0 Å². The minimum atomic E-state index is -0.0239. The lowest BCUT2D eigenvalue weighted by Gasteiger charge is -2.23. The molecular weight excluding hydrogens is 288 g/mol. The van der Waals surface area contributed by atoms with E-state index < -0.39 is 0 Å². The second-order valence-corrected chi connectivity index (χ2v) is 6.76. The minimum absolute atomic E-state index is 0.0239. The fourth-order valence-electron chi connectivity index (χ4n) is 2.59. The summed E-state index contributed by atoms with van der Waals surface area (Å²) in [5, 5.41) is 2.85. The van der Waals surface area contributed by atoms with E-state index in [-0.39, 0.29) is 11.8 Å². The zero-order valence-electron chi connectivity index (χ0n) is 14.3. The van der Waals surface area contributed by atoms with Crippen molar-refractivity contribution in [1.29, 1.82) is 0 Å². The number of amides is 2. The molecule has 1 aliphatic rings. The van der Waals surface area contributed by atoms with Gasteiger partial charge in [-0.15, -0.1) is 0 Å². The molecule has 1 aliphatic carbocycles. The molecule has 126 valence electrons. The van der Waals surface area contributed by atoms with Gasteiger partial charge in [-0.25, -0.2) is 0 Å². The summed E-state index contributed by atoms with van der Waals surface area (Å²) in [6, 6.07) is 10.1. The molecule has 0 bridgehead atoms. The van der Waals surface area contributed by atoms with E-state index in [9.17, 15) is 9.59 Å². The van der Waals surface area contributed by atoms with Crippen molar-refractivity contribution in [2.45, 2.75) is 52.0 Å². The van der Waals surface area contributed by atoms with Crippen molar-refractivity contribution in [1.82, 2.24) is 10.2 Å². The Balaban J connectivity index is 1.69.